The normalized spacial score (nSPS) is 13.1. The molecular weight excluding hydrogens is 735 g/mol. The molecule has 11 aromatic rings. The lowest BCUT2D eigenvalue weighted by molar-refractivity contribution is 1.28. The maximum absolute atomic E-state index is 9.64. The number of hydrogen-bond donors (Lipinski definition) is 0. The molecule has 286 valence electrons. The van der Waals surface area contributed by atoms with Crippen molar-refractivity contribution in [1.82, 2.24) is 0 Å². The van der Waals surface area contributed by atoms with E-state index in [0.29, 0.717) is 16.8 Å². The number of rotatable bonds is 8. The second-order valence-corrected chi connectivity index (χ2v) is 15.1. The van der Waals surface area contributed by atoms with Crippen molar-refractivity contribution >= 4 is 49.4 Å². The van der Waals surface area contributed by atoms with E-state index in [0.717, 1.165) is 65.7 Å². The van der Waals surface area contributed by atoms with Gasteiger partial charge in [0.15, 0.2) is 0 Å². The highest BCUT2D eigenvalue weighted by molar-refractivity contribution is 6.04. The summed E-state index contributed by atoms with van der Waals surface area (Å²) in [6.07, 6.45) is 0. The molecule has 0 amide bonds. The van der Waals surface area contributed by atoms with Gasteiger partial charge < -0.3 is 4.90 Å². The summed E-state index contributed by atoms with van der Waals surface area (Å²) in [5, 5.41) is 6.24. The van der Waals surface area contributed by atoms with Crippen LogP contribution in [-0.4, -0.2) is 0 Å². The lowest BCUT2D eigenvalue weighted by atomic mass is 9.90. The highest BCUT2D eigenvalue weighted by Gasteiger charge is 2.16. The molecule has 0 heterocycles. The minimum Gasteiger partial charge on any atom is -0.311 e. The predicted molar refractivity (Wildman–Crippen MR) is 261 cm³/mol. The molecule has 0 aliphatic heterocycles. The van der Waals surface area contributed by atoms with Crippen LogP contribution in [0.25, 0.3) is 88.0 Å². The van der Waals surface area contributed by atoms with Crippen LogP contribution < -0.4 is 4.90 Å². The van der Waals surface area contributed by atoms with Gasteiger partial charge in [-0.25, -0.2) is 0 Å². The standard InChI is InChI=1S/C60H41N/c1-2-13-50(14-3-1)60-58-17-9-8-12-48(58)32-39-59(60)49-30-37-57(38-31-49)61(56-35-28-47(29-36-56)54-25-23-43-11-5-7-16-52(43)41-54)55-33-26-45(27-34-55)44-18-20-46(21-19-44)53-24-22-42-10-4-6-15-51(42)40-53/h1-41H/i26D,27D,28D,29D,33D,34D,35D,36D. The molecule has 0 spiro atoms. The van der Waals surface area contributed by atoms with Gasteiger partial charge in [0.05, 0.1) is 11.0 Å². The first-order valence-corrected chi connectivity index (χ1v) is 20.3. The Morgan fingerprint density at radius 2 is 0.689 bits per heavy atom. The van der Waals surface area contributed by atoms with Crippen molar-refractivity contribution in [3.8, 4) is 55.6 Å². The number of nitrogens with zero attached hydrogens (tertiary/aromatic N) is 1. The molecule has 0 bridgehead atoms. The van der Waals surface area contributed by atoms with E-state index in [1.54, 1.807) is 30.3 Å². The summed E-state index contributed by atoms with van der Waals surface area (Å²) >= 11 is 0. The fourth-order valence-electron chi connectivity index (χ4n) is 8.26. The van der Waals surface area contributed by atoms with Crippen molar-refractivity contribution in [3.63, 3.8) is 0 Å². The van der Waals surface area contributed by atoms with Crippen molar-refractivity contribution in [2.45, 2.75) is 0 Å². The summed E-state index contributed by atoms with van der Waals surface area (Å²) in [6, 6.07) is 62.1. The fraction of sp³-hybridized carbons (Fsp3) is 0. The summed E-state index contributed by atoms with van der Waals surface area (Å²) in [7, 11) is 0. The Hall–Kier alpha value is -8.00. The molecule has 61 heavy (non-hydrogen) atoms. The van der Waals surface area contributed by atoms with Crippen LogP contribution >= 0.6 is 0 Å². The molecule has 1 nitrogen and oxygen atoms in total. The molecule has 1 heteroatoms. The van der Waals surface area contributed by atoms with E-state index in [1.807, 2.05) is 109 Å². The van der Waals surface area contributed by atoms with Crippen LogP contribution in [-0.2, 0) is 0 Å². The first-order valence-electron chi connectivity index (χ1n) is 24.3. The number of anilines is 3. The zero-order valence-corrected chi connectivity index (χ0v) is 33.0. The maximum Gasteiger partial charge on any atom is 0.0645 e. The molecule has 0 unspecified atom stereocenters. The molecule has 0 saturated carbocycles. The van der Waals surface area contributed by atoms with Crippen LogP contribution in [0, 0.1) is 0 Å². The van der Waals surface area contributed by atoms with E-state index in [2.05, 4.69) is 60.7 Å². The molecule has 11 aromatic carbocycles. The largest absolute Gasteiger partial charge is 0.311 e. The van der Waals surface area contributed by atoms with Gasteiger partial charge in [0.2, 0.25) is 0 Å². The predicted octanol–water partition coefficient (Wildman–Crippen LogP) is 17.0. The lowest BCUT2D eigenvalue weighted by Crippen LogP contribution is -2.09. The lowest BCUT2D eigenvalue weighted by Gasteiger charge is -2.26. The maximum atomic E-state index is 9.64. The number of benzene rings is 11. The Kier molecular flexibility index (Phi) is 7.29. The second kappa shape index (κ2) is 15.6. The van der Waals surface area contributed by atoms with Gasteiger partial charge in [-0.1, -0.05) is 200 Å². The van der Waals surface area contributed by atoms with Crippen molar-refractivity contribution < 1.29 is 11.0 Å². The Morgan fingerprint density at radius 1 is 0.262 bits per heavy atom. The zero-order valence-electron chi connectivity index (χ0n) is 41.0. The van der Waals surface area contributed by atoms with Crippen molar-refractivity contribution in [1.29, 1.82) is 0 Å². The van der Waals surface area contributed by atoms with Crippen LogP contribution in [0.5, 0.6) is 0 Å². The molecule has 0 aliphatic rings. The monoisotopic (exact) mass is 783 g/mol. The summed E-state index contributed by atoms with van der Waals surface area (Å²) in [6.45, 7) is 0. The van der Waals surface area contributed by atoms with Gasteiger partial charge in [0.25, 0.3) is 0 Å². The Morgan fingerprint density at radius 3 is 1.28 bits per heavy atom. The number of hydrogen-bond acceptors (Lipinski definition) is 1. The summed E-state index contributed by atoms with van der Waals surface area (Å²) in [5.74, 6) is 0. The van der Waals surface area contributed by atoms with Crippen LogP contribution in [0.15, 0.2) is 249 Å². The van der Waals surface area contributed by atoms with Crippen LogP contribution in [0.3, 0.4) is 0 Å². The minimum atomic E-state index is -0.398. The summed E-state index contributed by atoms with van der Waals surface area (Å²) < 4.78 is 76.3. The Balaban J connectivity index is 1.08. The van der Waals surface area contributed by atoms with Gasteiger partial charge in [-0.3, -0.25) is 0 Å². The van der Waals surface area contributed by atoms with Crippen molar-refractivity contribution in [2.24, 2.45) is 0 Å². The average Bonchev–Trinajstić information content (AvgIpc) is 3.39. The molecule has 0 fully saturated rings. The van der Waals surface area contributed by atoms with Gasteiger partial charge in [-0.05, 0) is 136 Å². The highest BCUT2D eigenvalue weighted by Crippen LogP contribution is 2.41. The summed E-state index contributed by atoms with van der Waals surface area (Å²) in [4.78, 5) is 1.36. The molecular formula is C60H41N. The number of fused-ring (bicyclic) bond motifs is 3. The van der Waals surface area contributed by atoms with E-state index in [1.165, 1.54) is 4.90 Å². The van der Waals surface area contributed by atoms with E-state index in [-0.39, 0.29) is 46.7 Å². The third kappa shape index (κ3) is 7.03. The molecule has 0 aliphatic carbocycles. The molecule has 0 N–H and O–H groups in total. The van der Waals surface area contributed by atoms with Gasteiger partial charge in [0.1, 0.15) is 0 Å². The second-order valence-electron chi connectivity index (χ2n) is 15.1. The first-order chi connectivity index (χ1) is 33.6. The van der Waals surface area contributed by atoms with E-state index in [4.69, 9.17) is 0 Å². The van der Waals surface area contributed by atoms with E-state index < -0.39 is 24.2 Å². The average molecular weight is 784 g/mol. The van der Waals surface area contributed by atoms with Crippen LogP contribution in [0.2, 0.25) is 0 Å². The molecule has 0 aromatic heterocycles. The van der Waals surface area contributed by atoms with Gasteiger partial charge in [-0.2, -0.15) is 0 Å². The van der Waals surface area contributed by atoms with Gasteiger partial charge in [-0.15, -0.1) is 0 Å². The quantitative estimate of drug-likeness (QED) is 0.148. The summed E-state index contributed by atoms with van der Waals surface area (Å²) in [5.41, 5.74) is 6.97. The van der Waals surface area contributed by atoms with Gasteiger partial charge in [0, 0.05) is 17.1 Å². The third-order valence-corrected chi connectivity index (χ3v) is 11.4. The topological polar surface area (TPSA) is 3.24 Å². The third-order valence-electron chi connectivity index (χ3n) is 11.4. The van der Waals surface area contributed by atoms with E-state index >= 15 is 0 Å². The van der Waals surface area contributed by atoms with Crippen LogP contribution in [0.4, 0.5) is 17.1 Å². The zero-order chi connectivity index (χ0) is 47.5. The Bertz CT molecular complexity index is 3760. The smallest absolute Gasteiger partial charge is 0.0645 e. The molecule has 0 radical (unpaired) electrons. The molecule has 11 rings (SSSR count). The SMILES string of the molecule is [2H]c1c([2H])c(N(c2ccc(-c3ccc4ccccc4c3-c3ccccc3)cc2)c2c([2H])c([2H])c(-c3ccc4ccccc4c3)c([2H])c2[2H])c([2H])c([2H])c1-c1ccc(-c2ccc3ccccc3c2)cc1. The Labute approximate surface area is 368 Å². The fourth-order valence-corrected chi connectivity index (χ4v) is 8.26. The van der Waals surface area contributed by atoms with Crippen molar-refractivity contribution in [2.75, 3.05) is 4.90 Å². The van der Waals surface area contributed by atoms with Gasteiger partial charge >= 0.3 is 0 Å². The molecule has 0 saturated heterocycles. The minimum absolute atomic E-state index is 0.102. The first kappa shape index (κ1) is 28.4. The van der Waals surface area contributed by atoms with E-state index in [9.17, 15) is 11.0 Å². The highest BCUT2D eigenvalue weighted by atomic mass is 15.1. The van der Waals surface area contributed by atoms with Crippen LogP contribution in [0.1, 0.15) is 11.0 Å². The van der Waals surface area contributed by atoms with Crippen molar-refractivity contribution in [3.05, 3.63) is 249 Å². The molecule has 0 atom stereocenters.